The topological polar surface area (TPSA) is 54.1 Å². The van der Waals surface area contributed by atoms with Crippen LogP contribution in [0, 0.1) is 5.92 Å². The molecule has 94 valence electrons. The number of aromatic amines is 1. The summed E-state index contributed by atoms with van der Waals surface area (Å²) in [4.78, 5) is 14.1. The minimum absolute atomic E-state index is 0. The van der Waals surface area contributed by atoms with Crippen molar-refractivity contribution in [2.45, 2.75) is 31.9 Å². The van der Waals surface area contributed by atoms with E-state index in [4.69, 9.17) is 4.74 Å². The molecule has 0 bridgehead atoms. The second kappa shape index (κ2) is 4.70. The van der Waals surface area contributed by atoms with Gasteiger partial charge in [0.2, 0.25) is 5.56 Å². The Balaban J connectivity index is 0.00000108. The molecule has 17 heavy (non-hydrogen) atoms. The van der Waals surface area contributed by atoms with Crippen LogP contribution in [0.15, 0.2) is 16.9 Å². The number of ether oxygens (including phenoxy) is 1. The zero-order valence-electron chi connectivity index (χ0n) is 9.73. The van der Waals surface area contributed by atoms with Crippen molar-refractivity contribution in [1.29, 1.82) is 0 Å². The first-order valence-corrected chi connectivity index (χ1v) is 5.87. The van der Waals surface area contributed by atoms with E-state index >= 15 is 0 Å². The van der Waals surface area contributed by atoms with Gasteiger partial charge >= 0.3 is 0 Å². The van der Waals surface area contributed by atoms with E-state index in [1.807, 2.05) is 6.92 Å². The zero-order chi connectivity index (χ0) is 11.1. The molecule has 2 heterocycles. The van der Waals surface area contributed by atoms with Crippen molar-refractivity contribution >= 4 is 12.4 Å². The fraction of sp³-hybridized carbons (Fsp3) is 0.583. The Hall–Kier alpha value is -1.00. The Kier molecular flexibility index (Phi) is 3.45. The fourth-order valence-corrected chi connectivity index (χ4v) is 2.23. The highest BCUT2D eigenvalue weighted by molar-refractivity contribution is 5.85. The molecular weight excluding hydrogens is 240 g/mol. The Morgan fingerprint density at radius 2 is 2.12 bits per heavy atom. The van der Waals surface area contributed by atoms with Gasteiger partial charge in [-0.05, 0) is 31.7 Å². The van der Waals surface area contributed by atoms with Crippen molar-refractivity contribution in [2.75, 3.05) is 6.54 Å². The first-order valence-electron chi connectivity index (χ1n) is 5.87. The number of nitrogens with one attached hydrogen (secondary N) is 2. The predicted molar refractivity (Wildman–Crippen MR) is 67.9 cm³/mol. The first kappa shape index (κ1) is 12.5. The van der Waals surface area contributed by atoms with E-state index in [9.17, 15) is 4.79 Å². The van der Waals surface area contributed by atoms with Crippen molar-refractivity contribution in [2.24, 2.45) is 5.92 Å². The number of H-pyrrole nitrogens is 1. The molecule has 1 aromatic rings. The first-order chi connectivity index (χ1) is 7.74. The molecule has 0 unspecified atom stereocenters. The second-order valence-electron chi connectivity index (χ2n) is 4.72. The molecule has 4 nitrogen and oxygen atoms in total. The van der Waals surface area contributed by atoms with E-state index < -0.39 is 0 Å². The van der Waals surface area contributed by atoms with Crippen LogP contribution in [0.4, 0.5) is 0 Å². The van der Waals surface area contributed by atoms with Crippen LogP contribution in [0.2, 0.25) is 0 Å². The molecule has 0 spiro atoms. The van der Waals surface area contributed by atoms with E-state index in [0.717, 1.165) is 18.0 Å². The summed E-state index contributed by atoms with van der Waals surface area (Å²) in [6.07, 6.45) is 2.79. The quantitative estimate of drug-likeness (QED) is 0.803. The summed E-state index contributed by atoms with van der Waals surface area (Å²) in [6.45, 7) is 2.91. The summed E-state index contributed by atoms with van der Waals surface area (Å²) in [5.74, 6) is 1.52. The van der Waals surface area contributed by atoms with Gasteiger partial charge in [0.15, 0.2) is 0 Å². The highest BCUT2D eigenvalue weighted by atomic mass is 35.5. The Labute approximate surface area is 106 Å². The summed E-state index contributed by atoms with van der Waals surface area (Å²) >= 11 is 0. The van der Waals surface area contributed by atoms with Crippen molar-refractivity contribution in [3.8, 4) is 5.75 Å². The number of aromatic nitrogens is 1. The fourth-order valence-electron chi connectivity index (χ4n) is 2.23. The lowest BCUT2D eigenvalue weighted by molar-refractivity contribution is 0.181. The van der Waals surface area contributed by atoms with Gasteiger partial charge in [-0.1, -0.05) is 0 Å². The van der Waals surface area contributed by atoms with Gasteiger partial charge in [0.05, 0.1) is 5.69 Å². The van der Waals surface area contributed by atoms with Gasteiger partial charge in [-0.2, -0.15) is 0 Å². The molecule has 0 radical (unpaired) electrons. The Morgan fingerprint density at radius 3 is 2.82 bits per heavy atom. The van der Waals surface area contributed by atoms with Crippen molar-refractivity contribution in [3.63, 3.8) is 0 Å². The number of hydrogen-bond donors (Lipinski definition) is 2. The summed E-state index contributed by atoms with van der Waals surface area (Å²) < 4.78 is 5.97. The van der Waals surface area contributed by atoms with Crippen molar-refractivity contribution < 1.29 is 4.74 Å². The predicted octanol–water partition coefficient (Wildman–Crippen LogP) is 1.62. The molecule has 0 amide bonds. The van der Waals surface area contributed by atoms with E-state index in [-0.39, 0.29) is 30.1 Å². The van der Waals surface area contributed by atoms with Gasteiger partial charge in [0.25, 0.3) is 0 Å². The normalized spacial score (nSPS) is 27.4. The van der Waals surface area contributed by atoms with Crippen LogP contribution in [0.5, 0.6) is 5.75 Å². The number of pyridine rings is 1. The van der Waals surface area contributed by atoms with Gasteiger partial charge in [-0.15, -0.1) is 12.4 Å². The smallest absolute Gasteiger partial charge is 0.248 e. The number of halogens is 1. The van der Waals surface area contributed by atoms with Crippen molar-refractivity contribution in [1.82, 2.24) is 10.3 Å². The molecule has 1 aliphatic heterocycles. The summed E-state index contributed by atoms with van der Waals surface area (Å²) in [5, 5.41) is 3.40. The van der Waals surface area contributed by atoms with Gasteiger partial charge in [0, 0.05) is 18.7 Å². The number of fused-ring (bicyclic) bond motifs is 1. The highest BCUT2D eigenvalue weighted by Crippen LogP contribution is 2.37. The van der Waals surface area contributed by atoms with Crippen LogP contribution in [-0.2, 0) is 0 Å². The second-order valence-corrected chi connectivity index (χ2v) is 4.72. The molecule has 1 aromatic heterocycles. The van der Waals surface area contributed by atoms with Crippen LogP contribution in [0.3, 0.4) is 0 Å². The van der Waals surface area contributed by atoms with E-state index in [1.165, 1.54) is 18.9 Å². The molecule has 1 aliphatic carbocycles. The zero-order valence-corrected chi connectivity index (χ0v) is 10.5. The Morgan fingerprint density at radius 1 is 1.35 bits per heavy atom. The number of hydrogen-bond acceptors (Lipinski definition) is 3. The van der Waals surface area contributed by atoms with Crippen LogP contribution >= 0.6 is 12.4 Å². The van der Waals surface area contributed by atoms with Crippen molar-refractivity contribution in [3.05, 3.63) is 28.2 Å². The van der Waals surface area contributed by atoms with E-state index in [1.54, 1.807) is 6.07 Å². The summed E-state index contributed by atoms with van der Waals surface area (Å²) in [6, 6.07) is 3.46. The lowest BCUT2D eigenvalue weighted by Gasteiger charge is -2.15. The van der Waals surface area contributed by atoms with Crippen LogP contribution < -0.4 is 15.6 Å². The third-order valence-electron chi connectivity index (χ3n) is 3.39. The number of rotatable bonds is 1. The van der Waals surface area contributed by atoms with Gasteiger partial charge in [-0.25, -0.2) is 0 Å². The monoisotopic (exact) mass is 256 g/mol. The Bertz CT molecular complexity index is 456. The molecule has 0 saturated heterocycles. The van der Waals surface area contributed by atoms with Crippen LogP contribution in [-0.4, -0.2) is 17.6 Å². The largest absolute Gasteiger partial charge is 0.487 e. The third kappa shape index (κ3) is 2.48. The molecule has 5 heteroatoms. The lowest BCUT2D eigenvalue weighted by Crippen LogP contribution is -2.31. The van der Waals surface area contributed by atoms with Crippen LogP contribution in [0.25, 0.3) is 0 Å². The van der Waals surface area contributed by atoms with Gasteiger partial charge < -0.3 is 15.0 Å². The molecule has 1 fully saturated rings. The molecule has 3 rings (SSSR count). The molecule has 2 aliphatic rings. The summed E-state index contributed by atoms with van der Waals surface area (Å²) in [7, 11) is 0. The maximum absolute atomic E-state index is 11.3. The lowest BCUT2D eigenvalue weighted by atomic mass is 10.2. The maximum atomic E-state index is 11.3. The van der Waals surface area contributed by atoms with E-state index in [2.05, 4.69) is 10.3 Å². The SMILES string of the molecule is C[C@H]1NC[C@@H](C2CC2)Oc2ccc(=O)[nH]c21.Cl. The minimum Gasteiger partial charge on any atom is -0.487 e. The maximum Gasteiger partial charge on any atom is 0.248 e. The minimum atomic E-state index is -0.0686. The van der Waals surface area contributed by atoms with Crippen LogP contribution in [0.1, 0.15) is 31.5 Å². The molecule has 2 atom stereocenters. The molecule has 1 saturated carbocycles. The molecular formula is C12H17ClN2O2. The summed E-state index contributed by atoms with van der Waals surface area (Å²) in [5.41, 5.74) is 0.802. The average molecular weight is 257 g/mol. The van der Waals surface area contributed by atoms with E-state index in [0.29, 0.717) is 5.92 Å². The van der Waals surface area contributed by atoms with Gasteiger partial charge in [-0.3, -0.25) is 4.79 Å². The molecule has 0 aromatic carbocycles. The third-order valence-corrected chi connectivity index (χ3v) is 3.39. The highest BCUT2D eigenvalue weighted by Gasteiger charge is 2.35. The molecule has 2 N–H and O–H groups in total. The average Bonchev–Trinajstić information content (AvgIpc) is 3.08. The standard InChI is InChI=1S/C12H16N2O2.ClH/c1-7-12-9(4-5-11(15)14-12)16-10(6-13-7)8-2-3-8;/h4-5,7-8,10,13H,2-3,6H2,1H3,(H,14,15);1H/t7-,10+;/m1./s1. The van der Waals surface area contributed by atoms with Gasteiger partial charge in [0.1, 0.15) is 11.9 Å².